The van der Waals surface area contributed by atoms with Gasteiger partial charge in [0.2, 0.25) is 0 Å². The van der Waals surface area contributed by atoms with E-state index in [1.807, 2.05) is 18.2 Å². The largest absolute Gasteiger partial charge is 0.490 e. The SMILES string of the molecule is C.C.C=CC(=O)OCCOc1ccc(C(C)(C)c2ccccc2)cc1.C=CCOOCCO. The van der Waals surface area contributed by atoms with Gasteiger partial charge in [-0.25, -0.2) is 14.6 Å². The molecule has 2 rings (SSSR count). The maximum absolute atomic E-state index is 10.9. The van der Waals surface area contributed by atoms with E-state index < -0.39 is 5.97 Å². The van der Waals surface area contributed by atoms with Gasteiger partial charge in [-0.1, -0.05) is 83.8 Å². The van der Waals surface area contributed by atoms with Crippen molar-refractivity contribution < 1.29 is 29.1 Å². The first kappa shape index (κ1) is 32.3. The number of carbonyl (C=O) groups is 1. The number of aliphatic hydroxyl groups excluding tert-OH is 1. The summed E-state index contributed by atoms with van der Waals surface area (Å²) >= 11 is 0. The zero-order valence-corrected chi connectivity index (χ0v) is 18.3. The topological polar surface area (TPSA) is 74.2 Å². The molecule has 0 aliphatic carbocycles. The van der Waals surface area contributed by atoms with Crippen LogP contribution in [0.15, 0.2) is 79.9 Å². The molecule has 0 spiro atoms. The molecular weight excluding hydrogens is 420 g/mol. The fourth-order valence-corrected chi connectivity index (χ4v) is 2.54. The monoisotopic (exact) mass is 460 g/mol. The van der Waals surface area contributed by atoms with Crippen molar-refractivity contribution in [3.8, 4) is 5.75 Å². The van der Waals surface area contributed by atoms with Crippen molar-refractivity contribution in [1.82, 2.24) is 0 Å². The van der Waals surface area contributed by atoms with E-state index in [9.17, 15) is 4.79 Å². The van der Waals surface area contributed by atoms with Gasteiger partial charge in [-0.05, 0) is 23.3 Å². The summed E-state index contributed by atoms with van der Waals surface area (Å²) in [7, 11) is 0. The van der Waals surface area contributed by atoms with Gasteiger partial charge in [-0.2, -0.15) is 0 Å². The Labute approximate surface area is 199 Å². The molecule has 0 heterocycles. The molecule has 6 heteroatoms. The van der Waals surface area contributed by atoms with Gasteiger partial charge in [-0.15, -0.1) is 6.58 Å². The van der Waals surface area contributed by atoms with Crippen molar-refractivity contribution >= 4 is 5.97 Å². The Morgan fingerprint density at radius 3 is 2.06 bits per heavy atom. The quantitative estimate of drug-likeness (QED) is 0.112. The molecule has 0 saturated heterocycles. The Morgan fingerprint density at radius 2 is 1.52 bits per heavy atom. The highest BCUT2D eigenvalue weighted by molar-refractivity contribution is 5.81. The number of aliphatic hydroxyl groups is 1. The summed E-state index contributed by atoms with van der Waals surface area (Å²) < 4.78 is 10.4. The van der Waals surface area contributed by atoms with Crippen molar-refractivity contribution in [3.05, 3.63) is 91.0 Å². The summed E-state index contributed by atoms with van der Waals surface area (Å²) in [6.07, 6.45) is 2.71. The second-order valence-electron chi connectivity index (χ2n) is 6.85. The minimum absolute atomic E-state index is 0. The van der Waals surface area contributed by atoms with Crippen molar-refractivity contribution in [1.29, 1.82) is 0 Å². The molecule has 184 valence electrons. The van der Waals surface area contributed by atoms with Crippen molar-refractivity contribution in [2.75, 3.05) is 33.0 Å². The highest BCUT2D eigenvalue weighted by atomic mass is 17.2. The predicted molar refractivity (Wildman–Crippen MR) is 134 cm³/mol. The van der Waals surface area contributed by atoms with Gasteiger partial charge in [0.15, 0.2) is 0 Å². The Balaban J connectivity index is 0. The van der Waals surface area contributed by atoms with Crippen molar-refractivity contribution in [2.24, 2.45) is 0 Å². The van der Waals surface area contributed by atoms with Gasteiger partial charge < -0.3 is 14.6 Å². The summed E-state index contributed by atoms with van der Waals surface area (Å²) in [6, 6.07) is 18.4. The summed E-state index contributed by atoms with van der Waals surface area (Å²) in [5.74, 6) is 0.320. The third kappa shape index (κ3) is 12.6. The number of hydrogen-bond acceptors (Lipinski definition) is 6. The second kappa shape index (κ2) is 18.6. The Kier molecular flexibility index (Phi) is 18.2. The minimum atomic E-state index is -0.437. The molecule has 0 aliphatic rings. The molecule has 33 heavy (non-hydrogen) atoms. The lowest BCUT2D eigenvalue weighted by molar-refractivity contribution is -0.289. The number of esters is 1. The average molecular weight is 461 g/mol. The lowest BCUT2D eigenvalue weighted by atomic mass is 9.78. The number of benzene rings is 2. The van der Waals surface area contributed by atoms with E-state index in [1.165, 1.54) is 11.1 Å². The van der Waals surface area contributed by atoms with Crippen LogP contribution in [0.2, 0.25) is 0 Å². The van der Waals surface area contributed by atoms with Crippen molar-refractivity contribution in [3.63, 3.8) is 0 Å². The Bertz CT molecular complexity index is 769. The zero-order valence-electron chi connectivity index (χ0n) is 18.3. The van der Waals surface area contributed by atoms with E-state index in [0.29, 0.717) is 13.2 Å². The van der Waals surface area contributed by atoms with Crippen LogP contribution in [-0.2, 0) is 24.7 Å². The van der Waals surface area contributed by atoms with Crippen molar-refractivity contribution in [2.45, 2.75) is 34.1 Å². The summed E-state index contributed by atoms with van der Waals surface area (Å²) in [6.45, 7) is 12.2. The van der Waals surface area contributed by atoms with E-state index in [1.54, 1.807) is 6.08 Å². The van der Waals surface area contributed by atoms with E-state index >= 15 is 0 Å². The van der Waals surface area contributed by atoms with Gasteiger partial charge in [0, 0.05) is 11.5 Å². The zero-order chi connectivity index (χ0) is 23.0. The molecule has 0 atom stereocenters. The normalized spacial score (nSPS) is 9.79. The second-order valence-corrected chi connectivity index (χ2v) is 6.85. The molecule has 2 aromatic carbocycles. The molecule has 2 aromatic rings. The van der Waals surface area contributed by atoms with Crippen LogP contribution in [-0.4, -0.2) is 44.1 Å². The van der Waals surface area contributed by atoms with E-state index in [-0.39, 0.29) is 40.1 Å². The lowest BCUT2D eigenvalue weighted by Crippen LogP contribution is -2.18. The first-order valence-electron chi connectivity index (χ1n) is 10.00. The molecule has 1 N–H and O–H groups in total. The fraction of sp³-hybridized carbons (Fsp3) is 0.370. The predicted octanol–water partition coefficient (Wildman–Crippen LogP) is 5.51. The molecule has 6 nitrogen and oxygen atoms in total. The third-order valence-corrected chi connectivity index (χ3v) is 4.28. The standard InChI is InChI=1S/C20H22O3.C5H10O3.2CH4/c1-4-19(21)23-15-14-22-18-12-10-17(11-13-18)20(2,3)16-8-6-5-7-9-16;1-2-4-7-8-5-3-6;;/h4-13H,1,14-15H2,2-3H3;2,6H,1,3-5H2;2*1H4. The molecule has 0 bridgehead atoms. The molecular formula is C27H40O6. The maximum Gasteiger partial charge on any atom is 0.330 e. The first-order chi connectivity index (χ1) is 15.0. The van der Waals surface area contributed by atoms with Gasteiger partial charge >= 0.3 is 5.97 Å². The summed E-state index contributed by atoms with van der Waals surface area (Å²) in [5, 5.41) is 8.13. The number of hydrogen-bond donors (Lipinski definition) is 1. The fourth-order valence-electron chi connectivity index (χ4n) is 2.54. The van der Waals surface area contributed by atoms with E-state index in [2.05, 4.69) is 73.2 Å². The number of rotatable bonds is 12. The van der Waals surface area contributed by atoms with Gasteiger partial charge in [0.05, 0.1) is 6.61 Å². The lowest BCUT2D eigenvalue weighted by Gasteiger charge is -2.26. The van der Waals surface area contributed by atoms with Gasteiger partial charge in [0.25, 0.3) is 0 Å². The smallest absolute Gasteiger partial charge is 0.330 e. The molecule has 0 amide bonds. The Morgan fingerprint density at radius 1 is 0.909 bits per heavy atom. The molecule has 0 aromatic heterocycles. The molecule has 0 fully saturated rings. The highest BCUT2D eigenvalue weighted by Crippen LogP contribution is 2.32. The molecule has 0 aliphatic heterocycles. The highest BCUT2D eigenvalue weighted by Gasteiger charge is 2.22. The number of ether oxygens (including phenoxy) is 2. The van der Waals surface area contributed by atoms with Crippen LogP contribution in [0.4, 0.5) is 0 Å². The molecule has 0 saturated carbocycles. The van der Waals surface area contributed by atoms with Crippen LogP contribution in [0.25, 0.3) is 0 Å². The number of carbonyl (C=O) groups excluding carboxylic acids is 1. The minimum Gasteiger partial charge on any atom is -0.490 e. The van der Waals surface area contributed by atoms with Crippen LogP contribution in [0, 0.1) is 0 Å². The summed E-state index contributed by atoms with van der Waals surface area (Å²) in [4.78, 5) is 19.8. The van der Waals surface area contributed by atoms with Crippen LogP contribution in [0.3, 0.4) is 0 Å². The first-order valence-corrected chi connectivity index (χ1v) is 10.00. The molecule has 0 unspecified atom stereocenters. The van der Waals surface area contributed by atoms with E-state index in [0.717, 1.165) is 11.8 Å². The maximum atomic E-state index is 10.9. The van der Waals surface area contributed by atoms with Crippen LogP contribution >= 0.6 is 0 Å². The van der Waals surface area contributed by atoms with Crippen LogP contribution < -0.4 is 4.74 Å². The van der Waals surface area contributed by atoms with Crippen LogP contribution in [0.1, 0.15) is 39.8 Å². The van der Waals surface area contributed by atoms with Crippen LogP contribution in [0.5, 0.6) is 5.75 Å². The molecule has 0 radical (unpaired) electrons. The van der Waals surface area contributed by atoms with Gasteiger partial charge in [-0.3, -0.25) is 0 Å². The Hall–Kier alpha value is -2.93. The average Bonchev–Trinajstić information content (AvgIpc) is 2.81. The summed E-state index contributed by atoms with van der Waals surface area (Å²) in [5.41, 5.74) is 2.42. The third-order valence-electron chi connectivity index (χ3n) is 4.28. The van der Waals surface area contributed by atoms with E-state index in [4.69, 9.17) is 14.6 Å². The van der Waals surface area contributed by atoms with Gasteiger partial charge in [0.1, 0.15) is 32.2 Å².